The molecule has 0 atom stereocenters. The van der Waals surface area contributed by atoms with Gasteiger partial charge >= 0.3 is 0 Å². The number of allylic oxidation sites excluding steroid dienone is 2. The average Bonchev–Trinajstić information content (AvgIpc) is 2.82. The molecule has 2 saturated heterocycles. The molecule has 0 radical (unpaired) electrons. The molecule has 35 heavy (non-hydrogen) atoms. The number of ether oxygens (including phenoxy) is 1. The molecule has 0 aromatic heterocycles. The molecule has 2 heterocycles. The maximum absolute atomic E-state index is 5.63. The predicted molar refractivity (Wildman–Crippen MR) is 152 cm³/mol. The Morgan fingerprint density at radius 1 is 0.914 bits per heavy atom. The lowest BCUT2D eigenvalue weighted by Gasteiger charge is -2.42. The van der Waals surface area contributed by atoms with Crippen molar-refractivity contribution in [3.05, 3.63) is 29.8 Å². The maximum atomic E-state index is 5.63. The van der Waals surface area contributed by atoms with Crippen molar-refractivity contribution in [2.75, 3.05) is 62.7 Å². The van der Waals surface area contributed by atoms with Crippen LogP contribution in [0.4, 0.5) is 11.4 Å². The molecule has 3 aliphatic rings. The zero-order valence-corrected chi connectivity index (χ0v) is 23.5. The molecular formula is C31H51N3O. The third-order valence-electron chi connectivity index (χ3n) is 8.43. The molecule has 1 aromatic rings. The number of methoxy groups -OCH3 is 1. The second-order valence-electron chi connectivity index (χ2n) is 12.8. The van der Waals surface area contributed by atoms with Crippen molar-refractivity contribution in [3.63, 3.8) is 0 Å². The summed E-state index contributed by atoms with van der Waals surface area (Å²) in [6.45, 7) is 20.1. The van der Waals surface area contributed by atoms with Crippen LogP contribution in [0.5, 0.6) is 0 Å². The smallest absolute Gasteiger partial charge is 0.0605 e. The predicted octanol–water partition coefficient (Wildman–Crippen LogP) is 6.84. The molecule has 2 fully saturated rings. The van der Waals surface area contributed by atoms with E-state index in [1.54, 1.807) is 5.57 Å². The lowest BCUT2D eigenvalue weighted by atomic mass is 9.65. The molecule has 0 unspecified atom stereocenters. The van der Waals surface area contributed by atoms with E-state index < -0.39 is 0 Å². The van der Waals surface area contributed by atoms with E-state index in [-0.39, 0.29) is 5.41 Å². The van der Waals surface area contributed by atoms with Crippen LogP contribution in [0.15, 0.2) is 24.3 Å². The molecule has 1 aliphatic carbocycles. The summed E-state index contributed by atoms with van der Waals surface area (Å²) in [5.41, 5.74) is 6.44. The van der Waals surface area contributed by atoms with Crippen LogP contribution >= 0.6 is 0 Å². The van der Waals surface area contributed by atoms with Gasteiger partial charge in [0.05, 0.1) is 6.10 Å². The monoisotopic (exact) mass is 481 g/mol. The van der Waals surface area contributed by atoms with Crippen molar-refractivity contribution >= 4 is 16.9 Å². The molecule has 4 heteroatoms. The Morgan fingerprint density at radius 3 is 2.26 bits per heavy atom. The van der Waals surface area contributed by atoms with Crippen LogP contribution in [0.2, 0.25) is 0 Å². The zero-order chi connectivity index (χ0) is 25.1. The summed E-state index contributed by atoms with van der Waals surface area (Å²) in [5.74, 6) is 0. The van der Waals surface area contributed by atoms with Crippen molar-refractivity contribution in [2.45, 2.75) is 85.7 Å². The van der Waals surface area contributed by atoms with Gasteiger partial charge < -0.3 is 14.5 Å². The van der Waals surface area contributed by atoms with Crippen LogP contribution in [0.25, 0.3) is 5.57 Å². The topological polar surface area (TPSA) is 19.0 Å². The first kappa shape index (κ1) is 26.5. The van der Waals surface area contributed by atoms with Crippen molar-refractivity contribution in [1.82, 2.24) is 4.90 Å². The highest BCUT2D eigenvalue weighted by atomic mass is 16.5. The highest BCUT2D eigenvalue weighted by molar-refractivity contribution is 5.81. The largest absolute Gasteiger partial charge is 0.381 e. The Hall–Kier alpha value is -1.52. The fourth-order valence-corrected chi connectivity index (χ4v) is 6.96. The molecule has 2 aliphatic heterocycles. The van der Waals surface area contributed by atoms with Gasteiger partial charge in [0.1, 0.15) is 0 Å². The van der Waals surface area contributed by atoms with Gasteiger partial charge in [-0.1, -0.05) is 53.5 Å². The minimum Gasteiger partial charge on any atom is -0.381 e. The van der Waals surface area contributed by atoms with Crippen molar-refractivity contribution < 1.29 is 4.74 Å². The number of hydrogen-bond acceptors (Lipinski definition) is 4. The number of hydrogen-bond donors (Lipinski definition) is 0. The summed E-state index contributed by atoms with van der Waals surface area (Å²) in [6.07, 6.45) is 11.7. The van der Waals surface area contributed by atoms with E-state index in [0.717, 1.165) is 45.4 Å². The number of benzene rings is 1. The molecule has 196 valence electrons. The molecule has 0 bridgehead atoms. The van der Waals surface area contributed by atoms with Crippen LogP contribution in [0.3, 0.4) is 0 Å². The van der Waals surface area contributed by atoms with E-state index >= 15 is 0 Å². The normalized spacial score (nSPS) is 23.4. The second kappa shape index (κ2) is 11.3. The Morgan fingerprint density at radius 2 is 1.63 bits per heavy atom. The minimum absolute atomic E-state index is 0.235. The molecule has 1 aromatic carbocycles. The highest BCUT2D eigenvalue weighted by Gasteiger charge is 2.35. The van der Waals surface area contributed by atoms with Gasteiger partial charge in [-0.2, -0.15) is 0 Å². The van der Waals surface area contributed by atoms with Crippen LogP contribution in [0, 0.1) is 10.8 Å². The highest BCUT2D eigenvalue weighted by Crippen LogP contribution is 2.49. The standard InChI is InChI=1S/C31H51N3O/c1-7-8-9-14-32-17-19-34(20-18-32)29-11-10-26(33-15-12-27(35-6)13-16-33)21-28(29)25-22-30(2,3)24-31(4,5)23-25/h10-11,21-22,27H,7-9,12-20,23-24H2,1-6H3. The Balaban J connectivity index is 1.60. The van der Waals surface area contributed by atoms with E-state index in [9.17, 15) is 0 Å². The maximum Gasteiger partial charge on any atom is 0.0605 e. The third-order valence-corrected chi connectivity index (χ3v) is 8.43. The number of anilines is 2. The number of piperidine rings is 1. The van der Waals surface area contributed by atoms with Gasteiger partial charge in [0.2, 0.25) is 0 Å². The first-order valence-corrected chi connectivity index (χ1v) is 14.3. The van der Waals surface area contributed by atoms with Crippen LogP contribution in [-0.4, -0.2) is 63.9 Å². The van der Waals surface area contributed by atoms with E-state index in [1.165, 1.54) is 62.3 Å². The van der Waals surface area contributed by atoms with E-state index in [1.807, 2.05) is 7.11 Å². The van der Waals surface area contributed by atoms with Gasteiger partial charge in [-0.15, -0.1) is 0 Å². The van der Waals surface area contributed by atoms with Crippen molar-refractivity contribution in [3.8, 4) is 0 Å². The number of unbranched alkanes of at least 4 members (excludes halogenated alkanes) is 2. The summed E-state index contributed by atoms with van der Waals surface area (Å²) in [7, 11) is 1.86. The summed E-state index contributed by atoms with van der Waals surface area (Å²) < 4.78 is 5.63. The zero-order valence-electron chi connectivity index (χ0n) is 23.5. The van der Waals surface area contributed by atoms with Crippen LogP contribution in [-0.2, 0) is 4.74 Å². The molecule has 0 N–H and O–H groups in total. The van der Waals surface area contributed by atoms with Gasteiger partial charge in [-0.3, -0.25) is 4.90 Å². The van der Waals surface area contributed by atoms with Gasteiger partial charge in [0, 0.05) is 63.3 Å². The summed E-state index contributed by atoms with van der Waals surface area (Å²) >= 11 is 0. The number of piperazine rings is 1. The van der Waals surface area contributed by atoms with E-state index in [4.69, 9.17) is 4.74 Å². The van der Waals surface area contributed by atoms with E-state index in [0.29, 0.717) is 11.5 Å². The van der Waals surface area contributed by atoms with Crippen LogP contribution in [0.1, 0.15) is 85.1 Å². The van der Waals surface area contributed by atoms with Crippen molar-refractivity contribution in [2.24, 2.45) is 10.8 Å². The van der Waals surface area contributed by atoms with E-state index in [2.05, 4.69) is 73.6 Å². The number of nitrogens with zero attached hydrogens (tertiary/aromatic N) is 3. The molecule has 0 spiro atoms. The SMILES string of the molecule is CCCCCN1CCN(c2ccc(N3CCC(OC)CC3)cc2C2=CC(C)(C)CC(C)(C)C2)CC1. The summed E-state index contributed by atoms with van der Waals surface area (Å²) in [4.78, 5) is 7.92. The van der Waals surface area contributed by atoms with Gasteiger partial charge in [0.15, 0.2) is 0 Å². The average molecular weight is 482 g/mol. The first-order valence-electron chi connectivity index (χ1n) is 14.3. The minimum atomic E-state index is 0.235. The van der Waals surface area contributed by atoms with Crippen LogP contribution < -0.4 is 9.80 Å². The summed E-state index contributed by atoms with van der Waals surface area (Å²) in [5, 5.41) is 0. The quantitative estimate of drug-likeness (QED) is 0.378. The van der Waals surface area contributed by atoms with Gasteiger partial charge in [-0.05, 0) is 73.3 Å². The van der Waals surface area contributed by atoms with Gasteiger partial charge in [0.25, 0.3) is 0 Å². The molecule has 4 nitrogen and oxygen atoms in total. The molecule has 4 rings (SSSR count). The van der Waals surface area contributed by atoms with Crippen molar-refractivity contribution in [1.29, 1.82) is 0 Å². The lowest BCUT2D eigenvalue weighted by Crippen LogP contribution is -2.47. The molecule has 0 amide bonds. The first-order chi connectivity index (χ1) is 16.7. The summed E-state index contributed by atoms with van der Waals surface area (Å²) in [6, 6.07) is 7.36. The molecular weight excluding hydrogens is 430 g/mol. The Kier molecular flexibility index (Phi) is 8.53. The molecule has 0 saturated carbocycles. The number of rotatable bonds is 8. The fraction of sp³-hybridized carbons (Fsp3) is 0.742. The Labute approximate surface area is 215 Å². The second-order valence-corrected chi connectivity index (χ2v) is 12.8. The Bertz CT molecular complexity index is 858. The van der Waals surface area contributed by atoms with Gasteiger partial charge in [-0.25, -0.2) is 0 Å². The lowest BCUT2D eigenvalue weighted by molar-refractivity contribution is 0.0819. The third kappa shape index (κ3) is 6.83. The fourth-order valence-electron chi connectivity index (χ4n) is 6.96.